The molecule has 0 aliphatic heterocycles. The third-order valence-corrected chi connectivity index (χ3v) is 4.27. The van der Waals surface area contributed by atoms with E-state index >= 15 is 0 Å². The van der Waals surface area contributed by atoms with Crippen molar-refractivity contribution in [3.63, 3.8) is 0 Å². The van der Waals surface area contributed by atoms with E-state index in [4.69, 9.17) is 9.11 Å². The standard InChI is InChI=1S/C10H6O8S2/c11-7-1-5-3-10(20(16,17)18)8(12)2-6(5)4-9(7)19(13,14)15/h1-4H,(H,13,14,15)(H,16,17,18). The van der Waals surface area contributed by atoms with Gasteiger partial charge in [0.2, 0.25) is 0 Å². The fraction of sp³-hybridized carbons (Fsp3) is 0. The number of carbonyl (C=O) groups excluding carboxylic acids is 2. The largest absolute Gasteiger partial charge is 0.298 e. The van der Waals surface area contributed by atoms with Crippen LogP contribution >= 0.6 is 0 Å². The lowest BCUT2D eigenvalue weighted by molar-refractivity contribution is -0.112. The van der Waals surface area contributed by atoms with Gasteiger partial charge in [-0.3, -0.25) is 18.7 Å². The van der Waals surface area contributed by atoms with Crippen molar-refractivity contribution >= 4 is 31.8 Å². The Balaban J connectivity index is 2.61. The number of allylic oxidation sites excluding steroid dienone is 8. The molecule has 0 aromatic carbocycles. The molecule has 0 heterocycles. The molecule has 0 unspecified atom stereocenters. The van der Waals surface area contributed by atoms with Crippen LogP contribution in [0.15, 0.2) is 45.3 Å². The monoisotopic (exact) mass is 318 g/mol. The Morgan fingerprint density at radius 2 is 0.950 bits per heavy atom. The predicted octanol–water partition coefficient (Wildman–Crippen LogP) is -0.452. The smallest absolute Gasteiger partial charge is 0.288 e. The summed E-state index contributed by atoms with van der Waals surface area (Å²) in [6, 6.07) is 0. The third kappa shape index (κ3) is 2.54. The van der Waals surface area contributed by atoms with Crippen LogP contribution in [-0.4, -0.2) is 37.5 Å². The van der Waals surface area contributed by atoms with E-state index in [1.165, 1.54) is 0 Å². The molecule has 2 rings (SSSR count). The van der Waals surface area contributed by atoms with E-state index in [9.17, 15) is 26.4 Å². The molecule has 0 atom stereocenters. The first kappa shape index (κ1) is 14.5. The van der Waals surface area contributed by atoms with Crippen molar-refractivity contribution in [3.05, 3.63) is 45.3 Å². The van der Waals surface area contributed by atoms with Gasteiger partial charge in [0.15, 0.2) is 11.6 Å². The minimum absolute atomic E-state index is 0.0605. The zero-order valence-electron chi connectivity index (χ0n) is 9.47. The Labute approximate surface area is 113 Å². The molecule has 0 radical (unpaired) electrons. The van der Waals surface area contributed by atoms with E-state index in [2.05, 4.69) is 0 Å². The lowest BCUT2D eigenvalue weighted by Crippen LogP contribution is -2.20. The van der Waals surface area contributed by atoms with Gasteiger partial charge in [-0.15, -0.1) is 0 Å². The van der Waals surface area contributed by atoms with Crippen LogP contribution < -0.4 is 0 Å². The van der Waals surface area contributed by atoms with Gasteiger partial charge >= 0.3 is 0 Å². The third-order valence-electron chi connectivity index (χ3n) is 2.52. The molecule has 20 heavy (non-hydrogen) atoms. The number of carbonyl (C=O) groups is 2. The molecule has 0 spiro atoms. The van der Waals surface area contributed by atoms with Gasteiger partial charge in [0.05, 0.1) is 0 Å². The highest BCUT2D eigenvalue weighted by molar-refractivity contribution is 7.91. The minimum Gasteiger partial charge on any atom is -0.288 e. The normalized spacial score (nSPS) is 19.7. The molecule has 106 valence electrons. The first-order chi connectivity index (χ1) is 9.00. The molecule has 0 aromatic heterocycles. The molecule has 0 aromatic rings. The molecule has 2 aliphatic rings. The average Bonchev–Trinajstić information content (AvgIpc) is 2.25. The molecule has 0 amide bonds. The fourth-order valence-corrected chi connectivity index (χ4v) is 2.85. The molecule has 0 bridgehead atoms. The first-order valence-electron chi connectivity index (χ1n) is 4.91. The van der Waals surface area contributed by atoms with Crippen molar-refractivity contribution in [2.75, 3.05) is 0 Å². The highest BCUT2D eigenvalue weighted by Crippen LogP contribution is 2.30. The number of fused-ring (bicyclic) bond motifs is 1. The molecule has 8 nitrogen and oxygen atoms in total. The summed E-state index contributed by atoms with van der Waals surface area (Å²) in [6.07, 6.45) is 2.99. The summed E-state index contributed by atoms with van der Waals surface area (Å²) in [5, 5.41) is 0. The van der Waals surface area contributed by atoms with Crippen molar-refractivity contribution < 1.29 is 35.5 Å². The maximum absolute atomic E-state index is 11.5. The lowest BCUT2D eigenvalue weighted by Gasteiger charge is -2.16. The van der Waals surface area contributed by atoms with Crippen molar-refractivity contribution in [3.8, 4) is 0 Å². The Morgan fingerprint density at radius 1 is 0.650 bits per heavy atom. The maximum atomic E-state index is 11.5. The van der Waals surface area contributed by atoms with Crippen LogP contribution in [-0.2, 0) is 29.8 Å². The Kier molecular flexibility index (Phi) is 3.13. The highest BCUT2D eigenvalue weighted by Gasteiger charge is 2.31. The van der Waals surface area contributed by atoms with Crippen molar-refractivity contribution in [2.24, 2.45) is 0 Å². The summed E-state index contributed by atoms with van der Waals surface area (Å²) < 4.78 is 61.5. The lowest BCUT2D eigenvalue weighted by atomic mass is 9.93. The van der Waals surface area contributed by atoms with Crippen LogP contribution in [0.2, 0.25) is 0 Å². The van der Waals surface area contributed by atoms with Gasteiger partial charge in [0.1, 0.15) is 9.81 Å². The minimum atomic E-state index is -4.76. The van der Waals surface area contributed by atoms with Crippen LogP contribution in [0.4, 0.5) is 0 Å². The fourth-order valence-electron chi connectivity index (χ4n) is 1.67. The van der Waals surface area contributed by atoms with Crippen LogP contribution in [0.5, 0.6) is 0 Å². The Hall–Kier alpha value is -1.88. The van der Waals surface area contributed by atoms with Crippen molar-refractivity contribution in [2.45, 2.75) is 0 Å². The van der Waals surface area contributed by atoms with E-state index in [1.54, 1.807) is 0 Å². The van der Waals surface area contributed by atoms with E-state index in [-0.39, 0.29) is 11.1 Å². The zero-order chi connectivity index (χ0) is 15.3. The van der Waals surface area contributed by atoms with Gasteiger partial charge in [0, 0.05) is 0 Å². The van der Waals surface area contributed by atoms with Crippen molar-refractivity contribution in [1.82, 2.24) is 0 Å². The van der Waals surface area contributed by atoms with Gasteiger partial charge in [0.25, 0.3) is 20.2 Å². The SMILES string of the molecule is O=C1C=C2C=C(S(=O)(=O)O)C(=O)C=C2C=C1S(=O)(=O)O. The summed E-state index contributed by atoms with van der Waals surface area (Å²) in [4.78, 5) is 21.1. The molecule has 10 heteroatoms. The van der Waals surface area contributed by atoms with Crippen molar-refractivity contribution in [1.29, 1.82) is 0 Å². The maximum Gasteiger partial charge on any atom is 0.298 e. The Bertz CT molecular complexity index is 788. The molecule has 0 saturated carbocycles. The highest BCUT2D eigenvalue weighted by atomic mass is 32.2. The van der Waals surface area contributed by atoms with E-state index in [1.807, 2.05) is 0 Å². The Morgan fingerprint density at radius 3 is 1.20 bits per heavy atom. The predicted molar refractivity (Wildman–Crippen MR) is 65.4 cm³/mol. The summed E-state index contributed by atoms with van der Waals surface area (Å²) in [7, 11) is -9.52. The summed E-state index contributed by atoms with van der Waals surface area (Å²) in [5.74, 6) is -2.14. The van der Waals surface area contributed by atoms with Gasteiger partial charge in [-0.25, -0.2) is 0 Å². The first-order valence-corrected chi connectivity index (χ1v) is 7.79. The quantitative estimate of drug-likeness (QED) is 0.651. The van der Waals surface area contributed by atoms with Crippen LogP contribution in [0.1, 0.15) is 0 Å². The van der Waals surface area contributed by atoms with Crippen LogP contribution in [0.25, 0.3) is 0 Å². The second-order valence-electron chi connectivity index (χ2n) is 3.90. The molecule has 0 saturated heterocycles. The summed E-state index contributed by atoms with van der Waals surface area (Å²) in [6.45, 7) is 0. The van der Waals surface area contributed by atoms with Gasteiger partial charge in [-0.1, -0.05) is 0 Å². The second kappa shape index (κ2) is 4.31. The number of rotatable bonds is 2. The van der Waals surface area contributed by atoms with Gasteiger partial charge in [-0.2, -0.15) is 16.8 Å². The molecular weight excluding hydrogens is 312 g/mol. The van der Waals surface area contributed by atoms with Gasteiger partial charge in [-0.05, 0) is 35.5 Å². The van der Waals surface area contributed by atoms with Crippen LogP contribution in [0.3, 0.4) is 0 Å². The van der Waals surface area contributed by atoms with E-state index < -0.39 is 41.6 Å². The molecule has 2 aliphatic carbocycles. The molecule has 0 fully saturated rings. The number of hydrogen-bond donors (Lipinski definition) is 2. The molecule has 2 N–H and O–H groups in total. The van der Waals surface area contributed by atoms with E-state index in [0.717, 1.165) is 24.3 Å². The average molecular weight is 318 g/mol. The zero-order valence-corrected chi connectivity index (χ0v) is 11.1. The van der Waals surface area contributed by atoms with Crippen LogP contribution in [0, 0.1) is 0 Å². The topological polar surface area (TPSA) is 143 Å². The van der Waals surface area contributed by atoms with E-state index in [0.29, 0.717) is 0 Å². The second-order valence-corrected chi connectivity index (χ2v) is 6.68. The molecular formula is C10H6O8S2. The summed E-state index contributed by atoms with van der Waals surface area (Å²) >= 11 is 0. The number of hydrogen-bond acceptors (Lipinski definition) is 6. The summed E-state index contributed by atoms with van der Waals surface area (Å²) in [5.41, 5.74) is -0.121. The number of ketones is 2. The van der Waals surface area contributed by atoms with Gasteiger partial charge < -0.3 is 0 Å².